The number of hydrogen-bond acceptors (Lipinski definition) is 0. The molecule has 2 aromatic carbocycles. The predicted octanol–water partition coefficient (Wildman–Crippen LogP) is 1.17. The molecule has 3 aliphatic rings. The number of allylic oxidation sites excluding steroid dienone is 4. The van der Waals surface area contributed by atoms with Crippen molar-refractivity contribution in [3.63, 3.8) is 0 Å². The Bertz CT molecular complexity index is 847. The Hall–Kier alpha value is -0.630. The number of hydrogen-bond donors (Lipinski definition) is 0. The van der Waals surface area contributed by atoms with Gasteiger partial charge in [0.05, 0.1) is 0 Å². The molecule has 27 heavy (non-hydrogen) atoms. The molecular weight excluding hydrogens is 538 g/mol. The van der Waals surface area contributed by atoms with Crippen molar-refractivity contribution in [3.8, 4) is 11.1 Å². The van der Waals surface area contributed by atoms with E-state index >= 15 is 0 Å². The summed E-state index contributed by atoms with van der Waals surface area (Å²) in [5.74, 6) is 0. The van der Waals surface area contributed by atoms with Crippen LogP contribution in [-0.4, -0.2) is 0 Å². The van der Waals surface area contributed by atoms with E-state index in [4.69, 9.17) is 0 Å². The molecule has 2 aromatic rings. The van der Waals surface area contributed by atoms with Crippen LogP contribution in [0.1, 0.15) is 47.4 Å². The SMILES string of the molecule is CCCCC1=[C]([Hf+2]2([CH]3c4ccccc4-c4ccccc43)[CH2][CH2]2)CC=C1.[Cl-].[Cl-]. The molecule has 0 radical (unpaired) electrons. The third-order valence-electron chi connectivity index (χ3n) is 6.60. The summed E-state index contributed by atoms with van der Waals surface area (Å²) >= 11 is -2.45. The molecule has 140 valence electrons. The Kier molecular flexibility index (Phi) is 6.56. The minimum Gasteiger partial charge on any atom is -1.00 e. The average Bonchev–Trinajstić information content (AvgIpc) is 3.17. The second-order valence-corrected chi connectivity index (χ2v) is 24.1. The molecule has 1 heterocycles. The first-order valence-electron chi connectivity index (χ1n) is 9.92. The van der Waals surface area contributed by atoms with E-state index in [1.165, 1.54) is 36.8 Å². The fraction of sp³-hybridized carbons (Fsp3) is 0.333. The van der Waals surface area contributed by atoms with Gasteiger partial charge in [0.2, 0.25) is 0 Å². The Morgan fingerprint density at radius 2 is 1.48 bits per heavy atom. The standard InChI is InChI=1S/C13H9.C9H13.C2H4.2ClH.Hf/c1-3-7-12-10(5-1)9-11-6-2-4-8-13(11)12;1-2-3-6-9-7-4-5-8-9;1-2;;;/h1-9H;4,7H,2-3,5-6H2,1H3;1-2H2;2*1H;/q;;;;;+2/p-2. The molecular formula is C24H26Cl2Hf. The van der Waals surface area contributed by atoms with E-state index in [-0.39, 0.29) is 24.8 Å². The van der Waals surface area contributed by atoms with Crippen LogP contribution >= 0.6 is 0 Å². The molecule has 0 saturated carbocycles. The summed E-state index contributed by atoms with van der Waals surface area (Å²) in [5, 5.41) is 0. The maximum Gasteiger partial charge on any atom is -1.00 e. The van der Waals surface area contributed by atoms with E-state index in [9.17, 15) is 0 Å². The molecule has 0 bridgehead atoms. The van der Waals surface area contributed by atoms with Gasteiger partial charge < -0.3 is 24.8 Å². The molecule has 0 amide bonds. The summed E-state index contributed by atoms with van der Waals surface area (Å²) in [6.07, 6.45) is 10.2. The third kappa shape index (κ3) is 3.34. The summed E-state index contributed by atoms with van der Waals surface area (Å²) in [6, 6.07) is 18.6. The zero-order valence-corrected chi connectivity index (χ0v) is 21.0. The van der Waals surface area contributed by atoms with E-state index in [2.05, 4.69) is 67.6 Å². The van der Waals surface area contributed by atoms with E-state index in [0.717, 1.165) is 3.67 Å². The van der Waals surface area contributed by atoms with Gasteiger partial charge in [0.15, 0.2) is 0 Å². The molecule has 0 N–H and O–H groups in total. The van der Waals surface area contributed by atoms with Gasteiger partial charge in [-0.05, 0) is 0 Å². The Morgan fingerprint density at radius 1 is 0.889 bits per heavy atom. The predicted molar refractivity (Wildman–Crippen MR) is 104 cm³/mol. The third-order valence-corrected chi connectivity index (χ3v) is 24.7. The van der Waals surface area contributed by atoms with Crippen LogP contribution < -0.4 is 24.8 Å². The van der Waals surface area contributed by atoms with Crippen LogP contribution in [0, 0.1) is 0 Å². The van der Waals surface area contributed by atoms with Gasteiger partial charge in [0.25, 0.3) is 0 Å². The molecule has 0 unspecified atom stereocenters. The molecule has 2 aliphatic carbocycles. The number of unbranched alkanes of at least 4 members (excludes halogenated alkanes) is 1. The quantitative estimate of drug-likeness (QED) is 0.480. The van der Waals surface area contributed by atoms with Crippen molar-refractivity contribution >= 4 is 0 Å². The van der Waals surface area contributed by atoms with Crippen molar-refractivity contribution in [2.24, 2.45) is 0 Å². The summed E-state index contributed by atoms with van der Waals surface area (Å²) in [4.78, 5) is 0. The van der Waals surface area contributed by atoms with Crippen molar-refractivity contribution in [2.75, 3.05) is 0 Å². The molecule has 3 heteroatoms. The molecule has 1 saturated heterocycles. The Balaban J connectivity index is 0.00000105. The molecule has 0 spiro atoms. The molecule has 1 fully saturated rings. The monoisotopic (exact) mass is 564 g/mol. The maximum absolute atomic E-state index is 2.48. The van der Waals surface area contributed by atoms with Crippen LogP contribution in [0.2, 0.25) is 8.35 Å². The normalized spacial score (nSPS) is 17.4. The van der Waals surface area contributed by atoms with Gasteiger partial charge in [-0.25, -0.2) is 0 Å². The Labute approximate surface area is 180 Å². The van der Waals surface area contributed by atoms with Gasteiger partial charge in [0.1, 0.15) is 0 Å². The number of benzene rings is 2. The topological polar surface area (TPSA) is 0 Å². The van der Waals surface area contributed by atoms with E-state index in [1.54, 1.807) is 25.1 Å². The summed E-state index contributed by atoms with van der Waals surface area (Å²) in [5.41, 5.74) is 8.13. The van der Waals surface area contributed by atoms with Crippen LogP contribution in [0.5, 0.6) is 0 Å². The second kappa shape index (κ2) is 8.39. The van der Waals surface area contributed by atoms with Crippen LogP contribution in [0.4, 0.5) is 0 Å². The van der Waals surface area contributed by atoms with Gasteiger partial charge in [-0.3, -0.25) is 0 Å². The van der Waals surface area contributed by atoms with E-state index in [1.807, 2.05) is 3.33 Å². The number of halogens is 2. The summed E-state index contributed by atoms with van der Waals surface area (Å²) in [7, 11) is 0. The largest absolute Gasteiger partial charge is 1.00 e. The van der Waals surface area contributed by atoms with Gasteiger partial charge in [-0.2, -0.15) is 0 Å². The second-order valence-electron chi connectivity index (χ2n) is 7.98. The first kappa shape index (κ1) is 21.1. The fourth-order valence-corrected chi connectivity index (χ4v) is 30.7. The zero-order chi connectivity index (χ0) is 16.9. The van der Waals surface area contributed by atoms with Crippen LogP contribution in [0.25, 0.3) is 11.1 Å². The number of rotatable bonds is 5. The van der Waals surface area contributed by atoms with E-state index < -0.39 is 20.0 Å². The molecule has 5 rings (SSSR count). The average molecular weight is 564 g/mol. The summed E-state index contributed by atoms with van der Waals surface area (Å²) < 4.78 is 5.92. The minimum absolute atomic E-state index is 0. The van der Waals surface area contributed by atoms with Crippen molar-refractivity contribution in [3.05, 3.63) is 80.7 Å². The molecule has 0 nitrogen and oxygen atoms in total. The van der Waals surface area contributed by atoms with E-state index in [0.29, 0.717) is 0 Å². The zero-order valence-electron chi connectivity index (χ0n) is 15.8. The first-order valence-corrected chi connectivity index (χ1v) is 18.9. The Morgan fingerprint density at radius 3 is 2.04 bits per heavy atom. The van der Waals surface area contributed by atoms with Gasteiger partial charge >= 0.3 is 156 Å². The van der Waals surface area contributed by atoms with Crippen LogP contribution in [0.3, 0.4) is 0 Å². The van der Waals surface area contributed by atoms with Crippen molar-refractivity contribution < 1.29 is 44.8 Å². The number of fused-ring (bicyclic) bond motifs is 3. The fourth-order valence-electron chi connectivity index (χ4n) is 5.33. The van der Waals surface area contributed by atoms with Gasteiger partial charge in [-0.1, -0.05) is 0 Å². The van der Waals surface area contributed by atoms with Crippen molar-refractivity contribution in [1.82, 2.24) is 0 Å². The molecule has 0 atom stereocenters. The smallest absolute Gasteiger partial charge is 1.00 e. The molecule has 1 aliphatic heterocycles. The molecule has 0 aromatic heterocycles. The van der Waals surface area contributed by atoms with Crippen molar-refractivity contribution in [1.29, 1.82) is 0 Å². The summed E-state index contributed by atoms with van der Waals surface area (Å²) in [6.45, 7) is 2.32. The van der Waals surface area contributed by atoms with Gasteiger partial charge in [0, 0.05) is 0 Å². The van der Waals surface area contributed by atoms with Crippen LogP contribution in [0.15, 0.2) is 69.6 Å². The van der Waals surface area contributed by atoms with Crippen LogP contribution in [-0.2, 0) is 20.0 Å². The minimum atomic E-state index is -2.45. The maximum atomic E-state index is 2.48. The first-order chi connectivity index (χ1) is 12.3. The van der Waals surface area contributed by atoms with Gasteiger partial charge in [-0.15, -0.1) is 0 Å². The van der Waals surface area contributed by atoms with Crippen molar-refractivity contribution in [2.45, 2.75) is 44.6 Å².